The van der Waals surface area contributed by atoms with Gasteiger partial charge in [0.2, 0.25) is 21.8 Å². The summed E-state index contributed by atoms with van der Waals surface area (Å²) in [6.07, 6.45) is 1.35. The Bertz CT molecular complexity index is 1090. The summed E-state index contributed by atoms with van der Waals surface area (Å²) in [6.45, 7) is 5.48. The van der Waals surface area contributed by atoms with E-state index < -0.39 is 21.9 Å². The molecule has 0 aliphatic heterocycles. The molecule has 0 radical (unpaired) electrons. The number of carbonyl (C=O) groups excluding carboxylic acids is 2. The predicted molar refractivity (Wildman–Crippen MR) is 133 cm³/mol. The number of nitrogens with one attached hydrogen (secondary N) is 1. The van der Waals surface area contributed by atoms with E-state index in [0.29, 0.717) is 16.3 Å². The second kappa shape index (κ2) is 12.2. The van der Waals surface area contributed by atoms with Crippen LogP contribution in [0.1, 0.15) is 39.2 Å². The molecule has 0 heterocycles. The number of hydrogen-bond donors (Lipinski definition) is 1. The van der Waals surface area contributed by atoms with Crippen LogP contribution in [0.2, 0.25) is 5.02 Å². The summed E-state index contributed by atoms with van der Waals surface area (Å²) in [5, 5.41) is 3.20. The van der Waals surface area contributed by atoms with Crippen molar-refractivity contribution in [2.24, 2.45) is 0 Å². The summed E-state index contributed by atoms with van der Waals surface area (Å²) < 4.78 is 39.2. The first-order valence-electron chi connectivity index (χ1n) is 11.0. The van der Waals surface area contributed by atoms with Gasteiger partial charge in [-0.3, -0.25) is 13.9 Å². The van der Waals surface area contributed by atoms with Gasteiger partial charge in [0.15, 0.2) is 0 Å². The van der Waals surface area contributed by atoms with Gasteiger partial charge in [-0.05, 0) is 63.1 Å². The van der Waals surface area contributed by atoms with Gasteiger partial charge in [0.25, 0.3) is 0 Å². The first kappa shape index (κ1) is 27.6. The number of halogens is 2. The maximum Gasteiger partial charge on any atom is 0.242 e. The van der Waals surface area contributed by atoms with Crippen LogP contribution in [-0.2, 0) is 26.2 Å². The highest BCUT2D eigenvalue weighted by Crippen LogP contribution is 2.22. The van der Waals surface area contributed by atoms with Gasteiger partial charge in [-0.2, -0.15) is 0 Å². The lowest BCUT2D eigenvalue weighted by molar-refractivity contribution is -0.140. The van der Waals surface area contributed by atoms with E-state index in [1.54, 1.807) is 43.3 Å². The van der Waals surface area contributed by atoms with E-state index in [9.17, 15) is 22.4 Å². The highest BCUT2D eigenvalue weighted by molar-refractivity contribution is 7.92. The first-order chi connectivity index (χ1) is 15.9. The zero-order valence-corrected chi connectivity index (χ0v) is 21.4. The van der Waals surface area contributed by atoms with Gasteiger partial charge >= 0.3 is 0 Å². The van der Waals surface area contributed by atoms with E-state index in [1.165, 1.54) is 21.3 Å². The summed E-state index contributed by atoms with van der Waals surface area (Å²) in [5.41, 5.74) is 1.09. The molecule has 0 fully saturated rings. The third-order valence-electron chi connectivity index (χ3n) is 5.11. The summed E-state index contributed by atoms with van der Waals surface area (Å²) >= 11 is 6.01. The summed E-state index contributed by atoms with van der Waals surface area (Å²) in [6, 6.07) is 11.3. The van der Waals surface area contributed by atoms with Crippen LogP contribution in [0.3, 0.4) is 0 Å². The van der Waals surface area contributed by atoms with Gasteiger partial charge in [-0.15, -0.1) is 0 Å². The van der Waals surface area contributed by atoms with Crippen LogP contribution in [0.5, 0.6) is 0 Å². The predicted octanol–water partition coefficient (Wildman–Crippen LogP) is 3.97. The average molecular weight is 512 g/mol. The van der Waals surface area contributed by atoms with Crippen molar-refractivity contribution in [3.05, 3.63) is 64.9 Å². The second-order valence-electron chi connectivity index (χ2n) is 8.41. The molecule has 1 atom stereocenters. The number of amides is 2. The molecule has 0 aliphatic rings. The number of hydrogen-bond acceptors (Lipinski definition) is 4. The Morgan fingerprint density at radius 2 is 1.74 bits per heavy atom. The van der Waals surface area contributed by atoms with E-state index in [-0.39, 0.29) is 43.8 Å². The molecule has 7 nitrogen and oxygen atoms in total. The quantitative estimate of drug-likeness (QED) is 0.494. The van der Waals surface area contributed by atoms with Gasteiger partial charge in [-0.25, -0.2) is 12.8 Å². The van der Waals surface area contributed by atoms with Crippen LogP contribution in [0, 0.1) is 5.82 Å². The Hall–Kier alpha value is -2.65. The molecular weight excluding hydrogens is 481 g/mol. The van der Waals surface area contributed by atoms with Gasteiger partial charge in [0.05, 0.1) is 11.9 Å². The maximum atomic E-state index is 13.3. The monoisotopic (exact) mass is 511 g/mol. The van der Waals surface area contributed by atoms with Crippen molar-refractivity contribution in [2.75, 3.05) is 17.1 Å². The Morgan fingerprint density at radius 3 is 2.29 bits per heavy atom. The Labute approximate surface area is 205 Å². The lowest BCUT2D eigenvalue weighted by atomic mass is 10.1. The summed E-state index contributed by atoms with van der Waals surface area (Å²) in [5.74, 6) is -1.01. The van der Waals surface area contributed by atoms with Crippen molar-refractivity contribution in [1.29, 1.82) is 0 Å². The van der Waals surface area contributed by atoms with E-state index >= 15 is 0 Å². The highest BCUT2D eigenvalue weighted by Gasteiger charge is 2.27. The third kappa shape index (κ3) is 8.29. The molecule has 10 heteroatoms. The molecular formula is C24H31ClFN3O4S. The molecule has 1 N–H and O–H groups in total. The number of benzene rings is 2. The molecule has 2 amide bonds. The van der Waals surface area contributed by atoms with Crippen molar-refractivity contribution >= 4 is 39.1 Å². The van der Waals surface area contributed by atoms with Crippen LogP contribution in [0.25, 0.3) is 0 Å². The molecule has 0 spiro atoms. The van der Waals surface area contributed by atoms with Crippen molar-refractivity contribution in [3.63, 3.8) is 0 Å². The lowest BCUT2D eigenvalue weighted by Crippen LogP contribution is -2.49. The van der Waals surface area contributed by atoms with Crippen LogP contribution >= 0.6 is 11.6 Å². The Kier molecular flexibility index (Phi) is 9.88. The van der Waals surface area contributed by atoms with Gasteiger partial charge in [-0.1, -0.05) is 29.8 Å². The fourth-order valence-corrected chi connectivity index (χ4v) is 4.55. The number of sulfonamides is 1. The van der Waals surface area contributed by atoms with Crippen molar-refractivity contribution in [1.82, 2.24) is 10.2 Å². The molecule has 0 aliphatic carbocycles. The molecule has 0 saturated heterocycles. The normalized spacial score (nSPS) is 12.3. The van der Waals surface area contributed by atoms with Crippen LogP contribution in [0.4, 0.5) is 10.1 Å². The van der Waals surface area contributed by atoms with E-state index in [1.807, 2.05) is 13.8 Å². The van der Waals surface area contributed by atoms with Gasteiger partial charge in [0.1, 0.15) is 11.9 Å². The molecule has 0 aromatic heterocycles. The minimum absolute atomic E-state index is 0.0209. The van der Waals surface area contributed by atoms with Gasteiger partial charge < -0.3 is 10.2 Å². The molecule has 2 rings (SSSR count). The molecule has 2 aromatic rings. The molecule has 2 aromatic carbocycles. The molecule has 1 unspecified atom stereocenters. The van der Waals surface area contributed by atoms with Crippen LogP contribution in [0.15, 0.2) is 48.5 Å². The molecule has 0 bridgehead atoms. The highest BCUT2D eigenvalue weighted by atomic mass is 35.5. The minimum atomic E-state index is -3.60. The molecule has 34 heavy (non-hydrogen) atoms. The lowest BCUT2D eigenvalue weighted by Gasteiger charge is -2.30. The summed E-state index contributed by atoms with van der Waals surface area (Å²) in [7, 11) is -3.60. The molecule has 186 valence electrons. The largest absolute Gasteiger partial charge is 0.352 e. The topological polar surface area (TPSA) is 86.8 Å². The molecule has 0 saturated carbocycles. The number of rotatable bonds is 11. The van der Waals surface area contributed by atoms with E-state index in [2.05, 4.69) is 5.32 Å². The first-order valence-corrected chi connectivity index (χ1v) is 13.2. The fourth-order valence-electron chi connectivity index (χ4n) is 3.41. The minimum Gasteiger partial charge on any atom is -0.352 e. The summed E-state index contributed by atoms with van der Waals surface area (Å²) in [4.78, 5) is 27.2. The number of anilines is 1. The maximum absolute atomic E-state index is 13.3. The van der Waals surface area contributed by atoms with Crippen molar-refractivity contribution < 1.29 is 22.4 Å². The van der Waals surface area contributed by atoms with Crippen LogP contribution < -0.4 is 9.62 Å². The third-order valence-corrected chi connectivity index (χ3v) is 6.54. The zero-order valence-electron chi connectivity index (χ0n) is 19.8. The number of nitrogens with zero attached hydrogens (tertiary/aromatic N) is 2. The van der Waals surface area contributed by atoms with Gasteiger partial charge in [0, 0.05) is 30.6 Å². The fraction of sp³-hybridized carbons (Fsp3) is 0.417. The number of carbonyl (C=O) groups is 2. The van der Waals surface area contributed by atoms with Crippen LogP contribution in [-0.4, -0.2) is 50.0 Å². The SMILES string of the molecule is CC(C)NC(=O)C(C)N(Cc1ccc(F)cc1)C(=O)CCCN(c1cccc(Cl)c1)S(C)(=O)=O. The van der Waals surface area contributed by atoms with E-state index in [4.69, 9.17) is 11.6 Å². The standard InChI is InChI=1S/C24H31ClFN3O4S/c1-17(2)27-24(31)18(3)28(16-19-10-12-21(26)13-11-19)23(30)9-6-14-29(34(4,32)33)22-8-5-7-20(25)15-22/h5,7-8,10-13,15,17-18H,6,9,14,16H2,1-4H3,(H,27,31). The van der Waals surface area contributed by atoms with Crippen molar-refractivity contribution in [3.8, 4) is 0 Å². The smallest absolute Gasteiger partial charge is 0.242 e. The second-order valence-corrected chi connectivity index (χ2v) is 10.7. The van der Waals surface area contributed by atoms with Crippen molar-refractivity contribution in [2.45, 2.75) is 52.2 Å². The average Bonchev–Trinajstić information content (AvgIpc) is 2.74. The Balaban J connectivity index is 2.16. The van der Waals surface area contributed by atoms with E-state index in [0.717, 1.165) is 6.26 Å². The Morgan fingerprint density at radius 1 is 1.09 bits per heavy atom. The zero-order chi connectivity index (χ0) is 25.5.